The maximum atomic E-state index is 12.9. The first-order chi connectivity index (χ1) is 13.6. The molecule has 0 radical (unpaired) electrons. The minimum absolute atomic E-state index is 0.0988. The number of rotatable bonds is 9. The molecule has 6 heteroatoms. The molecule has 146 valence electrons. The SMILES string of the molecule is CN(C)CCOc1cccc(CN(Cc2ccccn2)C(=O)c2ccoc2)c1. The molecular weight excluding hydrogens is 354 g/mol. The molecule has 1 amide bonds. The zero-order chi connectivity index (χ0) is 19.8. The summed E-state index contributed by atoms with van der Waals surface area (Å²) in [4.78, 5) is 21.1. The monoisotopic (exact) mass is 379 g/mol. The van der Waals surface area contributed by atoms with Crippen LogP contribution in [0.15, 0.2) is 71.7 Å². The van der Waals surface area contributed by atoms with E-state index in [1.165, 1.54) is 12.5 Å². The number of carbonyl (C=O) groups excluding carboxylic acids is 1. The van der Waals surface area contributed by atoms with Crippen molar-refractivity contribution >= 4 is 5.91 Å². The quantitative estimate of drug-likeness (QED) is 0.570. The highest BCUT2D eigenvalue weighted by molar-refractivity contribution is 5.93. The minimum atomic E-state index is -0.0988. The number of hydrogen-bond donors (Lipinski definition) is 0. The number of ether oxygens (including phenoxy) is 1. The van der Waals surface area contributed by atoms with E-state index in [1.54, 1.807) is 17.2 Å². The molecule has 0 N–H and O–H groups in total. The number of pyridine rings is 1. The van der Waals surface area contributed by atoms with Gasteiger partial charge in [-0.3, -0.25) is 9.78 Å². The Morgan fingerprint density at radius 3 is 2.71 bits per heavy atom. The van der Waals surface area contributed by atoms with Gasteiger partial charge in [-0.15, -0.1) is 0 Å². The fourth-order valence-corrected chi connectivity index (χ4v) is 2.76. The van der Waals surface area contributed by atoms with Crippen LogP contribution in [0.4, 0.5) is 0 Å². The Hall–Kier alpha value is -3.12. The number of hydrogen-bond acceptors (Lipinski definition) is 5. The predicted octanol–water partition coefficient (Wildman–Crippen LogP) is 3.46. The van der Waals surface area contributed by atoms with E-state index in [2.05, 4.69) is 9.88 Å². The molecule has 0 aliphatic carbocycles. The van der Waals surface area contributed by atoms with Gasteiger partial charge in [0.05, 0.1) is 24.1 Å². The van der Waals surface area contributed by atoms with Crippen molar-refractivity contribution in [1.82, 2.24) is 14.8 Å². The van der Waals surface area contributed by atoms with Crippen LogP contribution in [-0.4, -0.2) is 47.9 Å². The first-order valence-electron chi connectivity index (χ1n) is 9.19. The summed E-state index contributed by atoms with van der Waals surface area (Å²) in [6, 6.07) is 15.2. The average Bonchev–Trinajstić information content (AvgIpc) is 3.23. The van der Waals surface area contributed by atoms with Crippen molar-refractivity contribution in [3.63, 3.8) is 0 Å². The molecule has 0 atom stereocenters. The Kier molecular flexibility index (Phi) is 6.81. The Labute approximate surface area is 165 Å². The fraction of sp³-hybridized carbons (Fsp3) is 0.273. The number of amides is 1. The van der Waals surface area contributed by atoms with Crippen LogP contribution in [0.5, 0.6) is 5.75 Å². The Morgan fingerprint density at radius 1 is 1.11 bits per heavy atom. The molecule has 0 aliphatic heterocycles. The van der Waals surface area contributed by atoms with Crippen molar-refractivity contribution in [3.8, 4) is 5.75 Å². The third-order valence-electron chi connectivity index (χ3n) is 4.21. The standard InChI is InChI=1S/C22H25N3O3/c1-24(2)11-13-28-21-8-5-6-18(14-21)15-25(16-20-7-3-4-10-23-20)22(26)19-9-12-27-17-19/h3-10,12,14,17H,11,13,15-16H2,1-2H3. The normalized spacial score (nSPS) is 10.8. The summed E-state index contributed by atoms with van der Waals surface area (Å²) in [6.45, 7) is 2.32. The summed E-state index contributed by atoms with van der Waals surface area (Å²) in [7, 11) is 4.02. The Balaban J connectivity index is 1.74. The van der Waals surface area contributed by atoms with Crippen LogP contribution < -0.4 is 4.74 Å². The van der Waals surface area contributed by atoms with Crippen LogP contribution in [0.1, 0.15) is 21.6 Å². The smallest absolute Gasteiger partial charge is 0.257 e. The molecule has 0 unspecified atom stereocenters. The summed E-state index contributed by atoms with van der Waals surface area (Å²) < 4.78 is 10.9. The third kappa shape index (κ3) is 5.69. The number of carbonyl (C=O) groups is 1. The highest BCUT2D eigenvalue weighted by Crippen LogP contribution is 2.18. The Bertz CT molecular complexity index is 864. The van der Waals surface area contributed by atoms with E-state index in [0.717, 1.165) is 23.6 Å². The summed E-state index contributed by atoms with van der Waals surface area (Å²) >= 11 is 0. The maximum absolute atomic E-state index is 12.9. The molecule has 0 saturated carbocycles. The van der Waals surface area contributed by atoms with E-state index >= 15 is 0 Å². The van der Waals surface area contributed by atoms with E-state index < -0.39 is 0 Å². The first-order valence-corrected chi connectivity index (χ1v) is 9.19. The van der Waals surface area contributed by atoms with Crippen molar-refractivity contribution in [1.29, 1.82) is 0 Å². The van der Waals surface area contributed by atoms with Gasteiger partial charge in [0.1, 0.15) is 18.6 Å². The lowest BCUT2D eigenvalue weighted by Gasteiger charge is -2.22. The van der Waals surface area contributed by atoms with Crippen LogP contribution in [0.3, 0.4) is 0 Å². The van der Waals surface area contributed by atoms with E-state index in [9.17, 15) is 4.79 Å². The minimum Gasteiger partial charge on any atom is -0.492 e. The van der Waals surface area contributed by atoms with Gasteiger partial charge in [-0.25, -0.2) is 0 Å². The molecule has 1 aromatic carbocycles. The lowest BCUT2D eigenvalue weighted by molar-refractivity contribution is 0.0727. The van der Waals surface area contributed by atoms with Gasteiger partial charge in [-0.05, 0) is 50.0 Å². The molecular formula is C22H25N3O3. The number of aromatic nitrogens is 1. The molecule has 0 aliphatic rings. The summed E-state index contributed by atoms with van der Waals surface area (Å²) in [6.07, 6.45) is 4.70. The van der Waals surface area contributed by atoms with Gasteiger partial charge in [-0.2, -0.15) is 0 Å². The lowest BCUT2D eigenvalue weighted by atomic mass is 10.1. The van der Waals surface area contributed by atoms with E-state index in [1.807, 2.05) is 56.6 Å². The van der Waals surface area contributed by atoms with Gasteiger partial charge in [-0.1, -0.05) is 18.2 Å². The van der Waals surface area contributed by atoms with Gasteiger partial charge < -0.3 is 19.0 Å². The molecule has 6 nitrogen and oxygen atoms in total. The van der Waals surface area contributed by atoms with E-state index in [4.69, 9.17) is 9.15 Å². The van der Waals surface area contributed by atoms with Crippen molar-refractivity contribution in [2.24, 2.45) is 0 Å². The van der Waals surface area contributed by atoms with Crippen LogP contribution in [0, 0.1) is 0 Å². The molecule has 0 bridgehead atoms. The number of likely N-dealkylation sites (N-methyl/N-ethyl adjacent to an activating group) is 1. The highest BCUT2D eigenvalue weighted by atomic mass is 16.5. The van der Waals surface area contributed by atoms with Crippen molar-refractivity contribution in [3.05, 3.63) is 84.1 Å². The Morgan fingerprint density at radius 2 is 2.00 bits per heavy atom. The number of furan rings is 1. The second-order valence-corrected chi connectivity index (χ2v) is 6.79. The first kappa shape index (κ1) is 19.6. The van der Waals surface area contributed by atoms with Crippen LogP contribution in [0.25, 0.3) is 0 Å². The van der Waals surface area contributed by atoms with E-state index in [0.29, 0.717) is 25.3 Å². The topological polar surface area (TPSA) is 58.8 Å². The second-order valence-electron chi connectivity index (χ2n) is 6.79. The largest absolute Gasteiger partial charge is 0.492 e. The average molecular weight is 379 g/mol. The van der Waals surface area contributed by atoms with Crippen molar-refractivity contribution in [2.45, 2.75) is 13.1 Å². The zero-order valence-electron chi connectivity index (χ0n) is 16.2. The molecule has 0 saturated heterocycles. The van der Waals surface area contributed by atoms with Gasteiger partial charge in [0, 0.05) is 19.3 Å². The predicted molar refractivity (Wildman–Crippen MR) is 107 cm³/mol. The third-order valence-corrected chi connectivity index (χ3v) is 4.21. The van der Waals surface area contributed by atoms with Gasteiger partial charge >= 0.3 is 0 Å². The number of nitrogens with zero attached hydrogens (tertiary/aromatic N) is 3. The summed E-state index contributed by atoms with van der Waals surface area (Å²) in [5.41, 5.74) is 2.35. The zero-order valence-corrected chi connectivity index (χ0v) is 16.2. The molecule has 2 aromatic heterocycles. The van der Waals surface area contributed by atoms with Crippen LogP contribution >= 0.6 is 0 Å². The van der Waals surface area contributed by atoms with Crippen LogP contribution in [0.2, 0.25) is 0 Å². The molecule has 3 rings (SSSR count). The molecule has 28 heavy (non-hydrogen) atoms. The number of benzene rings is 1. The van der Waals surface area contributed by atoms with Crippen LogP contribution in [-0.2, 0) is 13.1 Å². The molecule has 3 aromatic rings. The summed E-state index contributed by atoms with van der Waals surface area (Å²) in [5, 5.41) is 0. The highest BCUT2D eigenvalue weighted by Gasteiger charge is 2.18. The maximum Gasteiger partial charge on any atom is 0.257 e. The van der Waals surface area contributed by atoms with E-state index in [-0.39, 0.29) is 5.91 Å². The van der Waals surface area contributed by atoms with Gasteiger partial charge in [0.25, 0.3) is 5.91 Å². The molecule has 0 fully saturated rings. The second kappa shape index (κ2) is 9.71. The van der Waals surface area contributed by atoms with Gasteiger partial charge in [0.15, 0.2) is 0 Å². The molecule has 2 heterocycles. The molecule has 0 spiro atoms. The summed E-state index contributed by atoms with van der Waals surface area (Å²) in [5.74, 6) is 0.700. The fourth-order valence-electron chi connectivity index (χ4n) is 2.76. The van der Waals surface area contributed by atoms with Crippen molar-refractivity contribution < 1.29 is 13.9 Å². The van der Waals surface area contributed by atoms with Crippen molar-refractivity contribution in [2.75, 3.05) is 27.2 Å². The van der Waals surface area contributed by atoms with Gasteiger partial charge in [0.2, 0.25) is 0 Å². The lowest BCUT2D eigenvalue weighted by Crippen LogP contribution is -2.30.